The third-order valence-corrected chi connectivity index (χ3v) is 7.61. The normalized spacial score (nSPS) is 15.0. The SMILES string of the molecule is CCCCC[C@@H](O)/C=C/C=C\C=C\C=C\[C@@H](O)[C@H](O)CCCC(=O)OC[C@@H](O)COC(=O)CCCCCCCCCCCC(C)C. The highest BCUT2D eigenvalue weighted by atomic mass is 16.6. The molecule has 0 spiro atoms. The number of carbonyl (C=O) groups excluding carboxylic acids is 2. The number of allylic oxidation sites excluding steroid dienone is 6. The molecule has 0 unspecified atom stereocenters. The highest BCUT2D eigenvalue weighted by Crippen LogP contribution is 2.14. The van der Waals surface area contributed by atoms with Crippen molar-refractivity contribution in [1.29, 1.82) is 0 Å². The van der Waals surface area contributed by atoms with Gasteiger partial charge in [0.1, 0.15) is 19.3 Å². The number of hydrogen-bond donors (Lipinski definition) is 4. The van der Waals surface area contributed by atoms with Crippen LogP contribution in [-0.4, -0.2) is 70.0 Å². The fourth-order valence-electron chi connectivity index (χ4n) is 4.71. The van der Waals surface area contributed by atoms with E-state index in [9.17, 15) is 30.0 Å². The molecule has 0 saturated carbocycles. The highest BCUT2D eigenvalue weighted by Gasteiger charge is 2.15. The zero-order chi connectivity index (χ0) is 34.3. The van der Waals surface area contributed by atoms with E-state index < -0.39 is 30.4 Å². The molecule has 0 radical (unpaired) electrons. The molecule has 0 heterocycles. The average molecular weight is 651 g/mol. The van der Waals surface area contributed by atoms with Crippen LogP contribution in [0.3, 0.4) is 0 Å². The number of esters is 2. The molecule has 4 N–H and O–H groups in total. The number of unbranched alkanes of at least 4 members (excludes halogenated alkanes) is 10. The summed E-state index contributed by atoms with van der Waals surface area (Å²) in [6, 6.07) is 0. The minimum absolute atomic E-state index is 0.0314. The van der Waals surface area contributed by atoms with E-state index in [4.69, 9.17) is 9.47 Å². The summed E-state index contributed by atoms with van der Waals surface area (Å²) in [6.45, 7) is 6.18. The predicted octanol–water partition coefficient (Wildman–Crippen LogP) is 7.44. The molecule has 0 fully saturated rings. The number of carbonyl (C=O) groups is 2. The van der Waals surface area contributed by atoms with Crippen molar-refractivity contribution in [3.8, 4) is 0 Å². The van der Waals surface area contributed by atoms with E-state index in [1.54, 1.807) is 36.5 Å². The van der Waals surface area contributed by atoms with Crippen LogP contribution in [0.5, 0.6) is 0 Å². The second-order valence-corrected chi connectivity index (χ2v) is 12.7. The molecule has 8 nitrogen and oxygen atoms in total. The van der Waals surface area contributed by atoms with Crippen LogP contribution in [0.25, 0.3) is 0 Å². The van der Waals surface area contributed by atoms with Crippen molar-refractivity contribution in [2.75, 3.05) is 13.2 Å². The maximum Gasteiger partial charge on any atom is 0.305 e. The zero-order valence-electron chi connectivity index (χ0n) is 29.1. The zero-order valence-corrected chi connectivity index (χ0v) is 29.1. The van der Waals surface area contributed by atoms with Crippen LogP contribution in [0.4, 0.5) is 0 Å². The van der Waals surface area contributed by atoms with E-state index in [0.717, 1.165) is 50.9 Å². The van der Waals surface area contributed by atoms with Gasteiger partial charge < -0.3 is 29.9 Å². The summed E-state index contributed by atoms with van der Waals surface area (Å²) >= 11 is 0. The summed E-state index contributed by atoms with van der Waals surface area (Å²) in [5.41, 5.74) is 0. The standard InChI is InChI=1S/C38H66O8/c1-4-5-17-24-33(39)25-19-14-11-12-15-20-26-35(41)36(42)27-22-29-38(44)46-31-34(40)30-45-37(43)28-21-16-10-8-6-7-9-13-18-23-32(2)3/h11-12,14-15,19-20,25-26,32-36,39-42H,4-10,13,16-18,21-24,27-31H2,1-3H3/b14-11-,15-12+,25-19+,26-20+/t33-,34+,35-,36-/m1/s1. The van der Waals surface area contributed by atoms with Gasteiger partial charge in [-0.25, -0.2) is 0 Å². The summed E-state index contributed by atoms with van der Waals surface area (Å²) in [7, 11) is 0. The molecule has 0 aromatic rings. The van der Waals surface area contributed by atoms with E-state index in [1.165, 1.54) is 51.0 Å². The molecule has 0 aliphatic carbocycles. The summed E-state index contributed by atoms with van der Waals surface area (Å²) in [6.07, 6.45) is 26.9. The lowest BCUT2D eigenvalue weighted by Crippen LogP contribution is -2.26. The van der Waals surface area contributed by atoms with Gasteiger partial charge in [0.15, 0.2) is 0 Å². The Kier molecular flexibility index (Phi) is 29.8. The Balaban J connectivity index is 3.84. The first-order valence-corrected chi connectivity index (χ1v) is 17.9. The first-order valence-electron chi connectivity index (χ1n) is 17.9. The van der Waals surface area contributed by atoms with Crippen molar-refractivity contribution in [2.45, 2.75) is 161 Å². The summed E-state index contributed by atoms with van der Waals surface area (Å²) in [5.74, 6) is -0.0918. The van der Waals surface area contributed by atoms with Gasteiger partial charge in [-0.05, 0) is 31.6 Å². The van der Waals surface area contributed by atoms with E-state index in [2.05, 4.69) is 20.8 Å². The van der Waals surface area contributed by atoms with E-state index in [1.807, 2.05) is 6.08 Å². The monoisotopic (exact) mass is 650 g/mol. The molecule has 0 aliphatic heterocycles. The summed E-state index contributed by atoms with van der Waals surface area (Å²) < 4.78 is 10.1. The van der Waals surface area contributed by atoms with Crippen molar-refractivity contribution in [2.24, 2.45) is 5.92 Å². The fourth-order valence-corrected chi connectivity index (χ4v) is 4.71. The Morgan fingerprint density at radius 3 is 1.61 bits per heavy atom. The molecule has 4 atom stereocenters. The lowest BCUT2D eigenvalue weighted by Gasteiger charge is -2.14. The molecule has 8 heteroatoms. The van der Waals surface area contributed by atoms with Crippen LogP contribution in [0.2, 0.25) is 0 Å². The van der Waals surface area contributed by atoms with Gasteiger partial charge in [-0.3, -0.25) is 9.59 Å². The quantitative estimate of drug-likeness (QED) is 0.0358. The molecule has 0 aromatic heterocycles. The third kappa shape index (κ3) is 30.4. The molecule has 0 rings (SSSR count). The summed E-state index contributed by atoms with van der Waals surface area (Å²) in [4.78, 5) is 23.9. The Labute approximate surface area is 279 Å². The molecule has 0 amide bonds. The van der Waals surface area contributed by atoms with Gasteiger partial charge in [0.2, 0.25) is 0 Å². The number of hydrogen-bond acceptors (Lipinski definition) is 8. The molecule has 0 bridgehead atoms. The molecule has 46 heavy (non-hydrogen) atoms. The van der Waals surface area contributed by atoms with Gasteiger partial charge in [0.05, 0.1) is 18.3 Å². The van der Waals surface area contributed by atoms with Gasteiger partial charge in [0, 0.05) is 12.8 Å². The number of ether oxygens (including phenoxy) is 2. The van der Waals surface area contributed by atoms with Gasteiger partial charge in [-0.1, -0.05) is 146 Å². The topological polar surface area (TPSA) is 134 Å². The van der Waals surface area contributed by atoms with Crippen molar-refractivity contribution < 1.29 is 39.5 Å². The summed E-state index contributed by atoms with van der Waals surface area (Å²) in [5, 5.41) is 40.0. The van der Waals surface area contributed by atoms with Gasteiger partial charge in [0.25, 0.3) is 0 Å². The fraction of sp³-hybridized carbons (Fsp3) is 0.737. The molecule has 0 saturated heterocycles. The van der Waals surface area contributed by atoms with Gasteiger partial charge in [-0.15, -0.1) is 0 Å². The van der Waals surface area contributed by atoms with Crippen molar-refractivity contribution in [3.05, 3.63) is 48.6 Å². The number of rotatable bonds is 30. The minimum Gasteiger partial charge on any atom is -0.463 e. The minimum atomic E-state index is -1.09. The second-order valence-electron chi connectivity index (χ2n) is 12.7. The lowest BCUT2D eigenvalue weighted by molar-refractivity contribution is -0.152. The van der Waals surface area contributed by atoms with Crippen LogP contribution >= 0.6 is 0 Å². The molecular weight excluding hydrogens is 584 g/mol. The van der Waals surface area contributed by atoms with Crippen molar-refractivity contribution in [1.82, 2.24) is 0 Å². The second kappa shape index (κ2) is 31.3. The van der Waals surface area contributed by atoms with Gasteiger partial charge in [-0.2, -0.15) is 0 Å². The van der Waals surface area contributed by atoms with Gasteiger partial charge >= 0.3 is 11.9 Å². The van der Waals surface area contributed by atoms with Crippen molar-refractivity contribution in [3.63, 3.8) is 0 Å². The van der Waals surface area contributed by atoms with E-state index >= 15 is 0 Å². The first-order chi connectivity index (χ1) is 22.1. The Morgan fingerprint density at radius 1 is 0.565 bits per heavy atom. The van der Waals surface area contributed by atoms with Crippen LogP contribution in [0.1, 0.15) is 136 Å². The Morgan fingerprint density at radius 2 is 1.04 bits per heavy atom. The smallest absolute Gasteiger partial charge is 0.305 e. The first kappa shape index (κ1) is 43.7. The lowest BCUT2D eigenvalue weighted by atomic mass is 10.0. The van der Waals surface area contributed by atoms with E-state index in [0.29, 0.717) is 12.8 Å². The molecule has 266 valence electrons. The maximum absolute atomic E-state index is 12.0. The van der Waals surface area contributed by atoms with Crippen LogP contribution < -0.4 is 0 Å². The molecule has 0 aromatic carbocycles. The maximum atomic E-state index is 12.0. The number of aliphatic hydroxyl groups is 4. The van der Waals surface area contributed by atoms with Crippen LogP contribution in [-0.2, 0) is 19.1 Å². The largest absolute Gasteiger partial charge is 0.463 e. The highest BCUT2D eigenvalue weighted by molar-refractivity contribution is 5.69. The number of aliphatic hydroxyl groups excluding tert-OH is 4. The van der Waals surface area contributed by atoms with Crippen molar-refractivity contribution >= 4 is 11.9 Å². The molecular formula is C38H66O8. The molecule has 0 aliphatic rings. The Hall–Kier alpha value is -2.26. The predicted molar refractivity (Wildman–Crippen MR) is 186 cm³/mol. The van der Waals surface area contributed by atoms with Crippen LogP contribution in [0, 0.1) is 5.92 Å². The third-order valence-electron chi connectivity index (χ3n) is 7.61. The van der Waals surface area contributed by atoms with Crippen LogP contribution in [0.15, 0.2) is 48.6 Å². The Bertz CT molecular complexity index is 848. The van der Waals surface area contributed by atoms with E-state index in [-0.39, 0.29) is 32.0 Å². The average Bonchev–Trinajstić information content (AvgIpc) is 3.02.